The predicted molar refractivity (Wildman–Crippen MR) is 68.8 cm³/mol. The number of nitrogens with one attached hydrogen (secondary N) is 1. The van der Waals surface area contributed by atoms with Crippen LogP contribution in [0.25, 0.3) is 6.08 Å². The Kier molecular flexibility index (Phi) is 5.40. The molecular weight excluding hydrogens is 267 g/mol. The Morgan fingerprint density at radius 1 is 1.40 bits per heavy atom. The van der Waals surface area contributed by atoms with Crippen LogP contribution in [0.15, 0.2) is 30.3 Å². The highest BCUT2D eigenvalue weighted by molar-refractivity contribution is 5.95. The van der Waals surface area contributed by atoms with Gasteiger partial charge in [0.15, 0.2) is 0 Å². The van der Waals surface area contributed by atoms with Crippen molar-refractivity contribution in [1.82, 2.24) is 5.32 Å². The average Bonchev–Trinajstić information content (AvgIpc) is 2.35. The molecule has 1 rings (SSSR count). The summed E-state index contributed by atoms with van der Waals surface area (Å²) < 4.78 is 12.9. The largest absolute Gasteiger partial charge is 0.480 e. The molecule has 4 N–H and O–H groups in total. The molecule has 0 aromatic heterocycles. The van der Waals surface area contributed by atoms with E-state index in [1.54, 1.807) is 6.07 Å². The molecule has 1 aromatic carbocycles. The van der Waals surface area contributed by atoms with Crippen molar-refractivity contribution in [3.8, 4) is 0 Å². The smallest absolute Gasteiger partial charge is 0.326 e. The van der Waals surface area contributed by atoms with E-state index < -0.39 is 36.1 Å². The minimum atomic E-state index is -1.39. The lowest BCUT2D eigenvalue weighted by Crippen LogP contribution is -2.42. The van der Waals surface area contributed by atoms with E-state index in [0.29, 0.717) is 5.56 Å². The zero-order valence-corrected chi connectivity index (χ0v) is 10.4. The van der Waals surface area contributed by atoms with Crippen LogP contribution in [0, 0.1) is 5.82 Å². The monoisotopic (exact) mass is 280 g/mol. The number of benzene rings is 1. The first-order valence-corrected chi connectivity index (χ1v) is 5.63. The highest BCUT2D eigenvalue weighted by Gasteiger charge is 2.20. The third kappa shape index (κ3) is 5.30. The number of carbonyl (C=O) groups is 3. The molecule has 0 aliphatic heterocycles. The summed E-state index contributed by atoms with van der Waals surface area (Å²) in [5.74, 6) is -3.38. The molecule has 0 bridgehead atoms. The number of rotatable bonds is 6. The van der Waals surface area contributed by atoms with Gasteiger partial charge in [0, 0.05) is 6.08 Å². The normalized spacial score (nSPS) is 12.1. The van der Waals surface area contributed by atoms with Crippen molar-refractivity contribution in [3.05, 3.63) is 41.7 Å². The van der Waals surface area contributed by atoms with E-state index in [0.717, 1.165) is 6.08 Å². The summed E-state index contributed by atoms with van der Waals surface area (Å²) in [4.78, 5) is 32.9. The summed E-state index contributed by atoms with van der Waals surface area (Å²) >= 11 is 0. The van der Waals surface area contributed by atoms with Crippen molar-refractivity contribution < 1.29 is 23.9 Å². The molecule has 0 spiro atoms. The average molecular weight is 280 g/mol. The van der Waals surface area contributed by atoms with Gasteiger partial charge in [-0.3, -0.25) is 9.59 Å². The van der Waals surface area contributed by atoms with E-state index >= 15 is 0 Å². The lowest BCUT2D eigenvalue weighted by molar-refractivity contribution is -0.142. The Hall–Kier alpha value is -2.70. The first-order chi connectivity index (χ1) is 9.38. The van der Waals surface area contributed by atoms with Crippen LogP contribution in [-0.2, 0) is 14.4 Å². The van der Waals surface area contributed by atoms with Gasteiger partial charge in [-0.05, 0) is 23.8 Å². The lowest BCUT2D eigenvalue weighted by atomic mass is 10.2. The van der Waals surface area contributed by atoms with E-state index in [1.807, 2.05) is 0 Å². The van der Waals surface area contributed by atoms with Crippen LogP contribution in [0.4, 0.5) is 4.39 Å². The molecule has 0 aliphatic carbocycles. The molecule has 0 aliphatic rings. The maximum absolute atomic E-state index is 12.9. The number of carbonyl (C=O) groups excluding carboxylic acids is 2. The van der Waals surface area contributed by atoms with E-state index in [1.165, 1.54) is 24.3 Å². The quantitative estimate of drug-likeness (QED) is 0.650. The number of primary amides is 1. The number of hydrogen-bond donors (Lipinski definition) is 3. The fraction of sp³-hybridized carbons (Fsp3) is 0.154. The molecule has 106 valence electrons. The third-order valence-electron chi connectivity index (χ3n) is 2.30. The van der Waals surface area contributed by atoms with Crippen molar-refractivity contribution >= 4 is 23.9 Å². The summed E-state index contributed by atoms with van der Waals surface area (Å²) in [6.45, 7) is 0. The SMILES string of the molecule is NC(=O)C[C@H](NC(=O)C=Cc1cccc(F)c1)C(=O)O. The van der Waals surface area contributed by atoms with Gasteiger partial charge in [-0.15, -0.1) is 0 Å². The summed E-state index contributed by atoms with van der Waals surface area (Å²) in [7, 11) is 0. The van der Waals surface area contributed by atoms with Crippen molar-refractivity contribution in [2.75, 3.05) is 0 Å². The summed E-state index contributed by atoms with van der Waals surface area (Å²) in [5.41, 5.74) is 5.32. The Balaban J connectivity index is 2.66. The van der Waals surface area contributed by atoms with Crippen LogP contribution < -0.4 is 11.1 Å². The number of aliphatic carboxylic acids is 1. The van der Waals surface area contributed by atoms with Gasteiger partial charge in [0.2, 0.25) is 11.8 Å². The van der Waals surface area contributed by atoms with Gasteiger partial charge in [0.1, 0.15) is 11.9 Å². The number of hydrogen-bond acceptors (Lipinski definition) is 3. The van der Waals surface area contributed by atoms with E-state index in [2.05, 4.69) is 5.32 Å². The fourth-order valence-corrected chi connectivity index (χ4v) is 1.40. The first-order valence-electron chi connectivity index (χ1n) is 5.63. The number of halogens is 1. The number of carboxylic acid groups (broad SMARTS) is 1. The molecule has 1 atom stereocenters. The van der Waals surface area contributed by atoms with Crippen molar-refractivity contribution in [2.45, 2.75) is 12.5 Å². The van der Waals surface area contributed by atoms with Gasteiger partial charge in [-0.25, -0.2) is 9.18 Å². The Morgan fingerprint density at radius 3 is 2.65 bits per heavy atom. The zero-order valence-electron chi connectivity index (χ0n) is 10.4. The van der Waals surface area contributed by atoms with E-state index in [9.17, 15) is 18.8 Å². The van der Waals surface area contributed by atoms with Gasteiger partial charge >= 0.3 is 5.97 Å². The lowest BCUT2D eigenvalue weighted by Gasteiger charge is -2.10. The van der Waals surface area contributed by atoms with Crippen molar-refractivity contribution in [1.29, 1.82) is 0 Å². The van der Waals surface area contributed by atoms with Crippen LogP contribution in [-0.4, -0.2) is 28.9 Å². The topological polar surface area (TPSA) is 109 Å². The molecule has 0 unspecified atom stereocenters. The second-order valence-corrected chi connectivity index (χ2v) is 3.96. The van der Waals surface area contributed by atoms with Crippen LogP contribution in [0.3, 0.4) is 0 Å². The molecule has 0 heterocycles. The van der Waals surface area contributed by atoms with Gasteiger partial charge in [-0.2, -0.15) is 0 Å². The Morgan fingerprint density at radius 2 is 2.10 bits per heavy atom. The fourth-order valence-electron chi connectivity index (χ4n) is 1.40. The van der Waals surface area contributed by atoms with Crippen LogP contribution >= 0.6 is 0 Å². The molecule has 7 heteroatoms. The van der Waals surface area contributed by atoms with Gasteiger partial charge in [0.25, 0.3) is 0 Å². The first kappa shape index (κ1) is 15.4. The zero-order chi connectivity index (χ0) is 15.1. The van der Waals surface area contributed by atoms with E-state index in [4.69, 9.17) is 10.8 Å². The van der Waals surface area contributed by atoms with Crippen LogP contribution in [0.5, 0.6) is 0 Å². The van der Waals surface area contributed by atoms with Crippen LogP contribution in [0.1, 0.15) is 12.0 Å². The molecule has 0 fully saturated rings. The third-order valence-corrected chi connectivity index (χ3v) is 2.30. The van der Waals surface area contributed by atoms with Crippen molar-refractivity contribution in [2.24, 2.45) is 5.73 Å². The molecule has 0 saturated carbocycles. The van der Waals surface area contributed by atoms with Crippen LogP contribution in [0.2, 0.25) is 0 Å². The molecule has 2 amide bonds. The molecule has 0 saturated heterocycles. The summed E-state index contributed by atoms with van der Waals surface area (Å²) in [5, 5.41) is 10.9. The Bertz CT molecular complexity index is 557. The van der Waals surface area contributed by atoms with E-state index in [-0.39, 0.29) is 0 Å². The predicted octanol–water partition coefficient (Wildman–Crippen LogP) is 0.284. The minimum Gasteiger partial charge on any atom is -0.480 e. The number of nitrogens with two attached hydrogens (primary N) is 1. The standard InChI is InChI=1S/C13H13FN2O4/c14-9-3-1-2-8(6-9)4-5-12(18)16-10(13(19)20)7-11(15)17/h1-6,10H,7H2,(H2,15,17)(H,16,18)(H,19,20)/t10-/m0/s1. The Labute approximate surface area is 114 Å². The molecule has 20 heavy (non-hydrogen) atoms. The number of carboxylic acids is 1. The minimum absolute atomic E-state index is 0.446. The second kappa shape index (κ2) is 7.03. The van der Waals surface area contributed by atoms with Gasteiger partial charge < -0.3 is 16.2 Å². The maximum atomic E-state index is 12.9. The van der Waals surface area contributed by atoms with Gasteiger partial charge in [0.05, 0.1) is 6.42 Å². The van der Waals surface area contributed by atoms with Gasteiger partial charge in [-0.1, -0.05) is 12.1 Å². The van der Waals surface area contributed by atoms with Crippen molar-refractivity contribution in [3.63, 3.8) is 0 Å². The molecule has 1 aromatic rings. The summed E-state index contributed by atoms with van der Waals surface area (Å²) in [6.07, 6.45) is 1.86. The highest BCUT2D eigenvalue weighted by Crippen LogP contribution is 2.05. The molecule has 0 radical (unpaired) electrons. The summed E-state index contributed by atoms with van der Waals surface area (Å²) in [6, 6.07) is 4.12. The molecular formula is C13H13FN2O4. The molecule has 6 nitrogen and oxygen atoms in total. The second-order valence-electron chi connectivity index (χ2n) is 3.96. The number of amides is 2. The maximum Gasteiger partial charge on any atom is 0.326 e. The highest BCUT2D eigenvalue weighted by atomic mass is 19.1.